The molecule has 0 spiro atoms. The Morgan fingerprint density at radius 3 is 2.58 bits per heavy atom. The van der Waals surface area contributed by atoms with Gasteiger partial charge in [-0.1, -0.05) is 0 Å². The molecule has 2 aromatic heterocycles. The number of hydrogen-bond acceptors (Lipinski definition) is 4. The molecule has 0 saturated heterocycles. The Labute approximate surface area is 121 Å². The molecule has 2 heterocycles. The van der Waals surface area contributed by atoms with Crippen LogP contribution in [0.1, 0.15) is 20.8 Å². The van der Waals surface area contributed by atoms with Gasteiger partial charge < -0.3 is 4.74 Å². The maximum Gasteiger partial charge on any atom is 0.218 e. The third-order valence-corrected chi connectivity index (χ3v) is 3.29. The van der Waals surface area contributed by atoms with E-state index in [-0.39, 0.29) is 5.60 Å². The van der Waals surface area contributed by atoms with Crippen molar-refractivity contribution in [2.45, 2.75) is 31.3 Å². The summed E-state index contributed by atoms with van der Waals surface area (Å²) in [7, 11) is 8.36. The van der Waals surface area contributed by atoms with Gasteiger partial charge in [-0.15, -0.1) is 0 Å². The van der Waals surface area contributed by atoms with E-state index in [4.69, 9.17) is 15.4 Å². The molecule has 2 rings (SSSR count). The largest absolute Gasteiger partial charge is 0.379 e. The summed E-state index contributed by atoms with van der Waals surface area (Å²) < 4.78 is 6.41. The van der Waals surface area contributed by atoms with Gasteiger partial charge in [0.1, 0.15) is 0 Å². The number of carbonyl (C=O) groups excluding carboxylic acids is 1. The number of carbonyl (C=O) groups is 1. The summed E-state index contributed by atoms with van der Waals surface area (Å²) in [6.07, 6.45) is 4.09. The van der Waals surface area contributed by atoms with Gasteiger partial charge in [0, 0.05) is 24.4 Å². The molecule has 0 aliphatic carbocycles. The molecule has 0 N–H and O–H groups in total. The molecule has 0 saturated carbocycles. The first-order valence-electron chi connectivity index (χ1n) is 5.67. The van der Waals surface area contributed by atoms with Crippen LogP contribution < -0.4 is 0 Å². The molecule has 6 heteroatoms. The number of ether oxygens (including phenoxy) is 1. The highest BCUT2D eigenvalue weighted by atomic mass is 35.7. The SMILES string of the molecule is COC(C)(C)C.O=Cn1ccc2ncc(SCl)cc21. The lowest BCUT2D eigenvalue weighted by Crippen LogP contribution is -2.15. The molecular formula is C13H17ClN2O2S. The molecule has 0 aliphatic rings. The lowest BCUT2D eigenvalue weighted by atomic mass is 10.2. The third kappa shape index (κ3) is 4.86. The van der Waals surface area contributed by atoms with Crippen LogP contribution in [0, 0.1) is 0 Å². The highest BCUT2D eigenvalue weighted by Crippen LogP contribution is 2.24. The van der Waals surface area contributed by atoms with Crippen LogP contribution in [-0.4, -0.2) is 28.7 Å². The number of fused-ring (bicyclic) bond motifs is 1. The quantitative estimate of drug-likeness (QED) is 0.792. The van der Waals surface area contributed by atoms with E-state index in [0.717, 1.165) is 33.3 Å². The van der Waals surface area contributed by atoms with Gasteiger partial charge in [0.05, 0.1) is 16.6 Å². The highest BCUT2D eigenvalue weighted by Gasteiger charge is 2.04. The van der Waals surface area contributed by atoms with Crippen molar-refractivity contribution in [2.24, 2.45) is 0 Å². The van der Waals surface area contributed by atoms with Crippen molar-refractivity contribution in [3.05, 3.63) is 24.5 Å². The Kier molecular flexibility index (Phi) is 5.85. The molecule has 0 aliphatic heterocycles. The van der Waals surface area contributed by atoms with Gasteiger partial charge in [0.25, 0.3) is 0 Å². The maximum absolute atomic E-state index is 10.6. The number of rotatable bonds is 2. The number of halogens is 1. The monoisotopic (exact) mass is 300 g/mol. The third-order valence-electron chi connectivity index (χ3n) is 2.36. The fraction of sp³-hybridized carbons (Fsp3) is 0.385. The summed E-state index contributed by atoms with van der Waals surface area (Å²) in [4.78, 5) is 15.5. The molecule has 0 bridgehead atoms. The van der Waals surface area contributed by atoms with Crippen molar-refractivity contribution < 1.29 is 9.53 Å². The molecule has 0 unspecified atom stereocenters. The van der Waals surface area contributed by atoms with Crippen LogP contribution in [0.15, 0.2) is 29.4 Å². The second kappa shape index (κ2) is 6.93. The van der Waals surface area contributed by atoms with Crippen LogP contribution in [0.2, 0.25) is 0 Å². The average molecular weight is 301 g/mol. The van der Waals surface area contributed by atoms with Gasteiger partial charge in [-0.05, 0) is 54.6 Å². The number of nitrogens with zero attached hydrogens (tertiary/aromatic N) is 2. The summed E-state index contributed by atoms with van der Waals surface area (Å²) in [5.41, 5.74) is 1.61. The molecular weight excluding hydrogens is 284 g/mol. The summed E-state index contributed by atoms with van der Waals surface area (Å²) in [5.74, 6) is 0. The Bertz CT molecular complexity index is 549. The molecule has 0 aromatic carbocycles. The van der Waals surface area contributed by atoms with Crippen LogP contribution in [-0.2, 0) is 9.53 Å². The van der Waals surface area contributed by atoms with E-state index in [9.17, 15) is 4.79 Å². The van der Waals surface area contributed by atoms with Crippen LogP contribution in [0.4, 0.5) is 0 Å². The normalized spacial score (nSPS) is 11.0. The molecule has 0 amide bonds. The summed E-state index contributed by atoms with van der Waals surface area (Å²) in [6, 6.07) is 3.61. The van der Waals surface area contributed by atoms with Gasteiger partial charge >= 0.3 is 0 Å². The zero-order valence-electron chi connectivity index (χ0n) is 11.4. The smallest absolute Gasteiger partial charge is 0.218 e. The van der Waals surface area contributed by atoms with Gasteiger partial charge in [0.15, 0.2) is 0 Å². The molecule has 0 radical (unpaired) electrons. The van der Waals surface area contributed by atoms with E-state index in [0.29, 0.717) is 0 Å². The molecule has 4 nitrogen and oxygen atoms in total. The van der Waals surface area contributed by atoms with E-state index in [1.165, 1.54) is 4.57 Å². The summed E-state index contributed by atoms with van der Waals surface area (Å²) in [5, 5.41) is 0. The maximum atomic E-state index is 10.6. The minimum Gasteiger partial charge on any atom is -0.379 e. The number of pyridine rings is 1. The second-order valence-corrected chi connectivity index (χ2v) is 5.89. The summed E-state index contributed by atoms with van der Waals surface area (Å²) in [6.45, 7) is 6.06. The molecule has 104 valence electrons. The minimum atomic E-state index is 0.0417. The Hall–Kier alpha value is -1.04. The van der Waals surface area contributed by atoms with Crippen molar-refractivity contribution in [2.75, 3.05) is 7.11 Å². The Balaban J connectivity index is 0.000000258. The Morgan fingerprint density at radius 1 is 1.47 bits per heavy atom. The van der Waals surface area contributed by atoms with Gasteiger partial charge in [-0.3, -0.25) is 14.3 Å². The lowest BCUT2D eigenvalue weighted by molar-refractivity contribution is 0.0397. The second-order valence-electron chi connectivity index (χ2n) is 4.80. The molecule has 0 atom stereocenters. The van der Waals surface area contributed by atoms with E-state index in [1.54, 1.807) is 25.6 Å². The summed E-state index contributed by atoms with van der Waals surface area (Å²) >= 11 is 0. The van der Waals surface area contributed by atoms with Crippen LogP contribution >= 0.6 is 21.7 Å². The zero-order chi connectivity index (χ0) is 14.5. The van der Waals surface area contributed by atoms with E-state index < -0.39 is 0 Å². The van der Waals surface area contributed by atoms with Crippen molar-refractivity contribution in [3.63, 3.8) is 0 Å². The van der Waals surface area contributed by atoms with Crippen LogP contribution in [0.3, 0.4) is 0 Å². The minimum absolute atomic E-state index is 0.0417. The predicted octanol–water partition coefficient (Wildman–Crippen LogP) is 3.75. The van der Waals surface area contributed by atoms with Crippen molar-refractivity contribution in [3.8, 4) is 0 Å². The molecule has 19 heavy (non-hydrogen) atoms. The molecule has 2 aromatic rings. The first-order chi connectivity index (χ1) is 8.91. The fourth-order valence-electron chi connectivity index (χ4n) is 1.15. The average Bonchev–Trinajstić information content (AvgIpc) is 2.80. The number of hydrogen-bond donors (Lipinski definition) is 0. The van der Waals surface area contributed by atoms with Gasteiger partial charge in [0.2, 0.25) is 6.41 Å². The van der Waals surface area contributed by atoms with E-state index in [1.807, 2.05) is 26.8 Å². The highest BCUT2D eigenvalue weighted by molar-refractivity contribution is 8.21. The number of aromatic nitrogens is 2. The topological polar surface area (TPSA) is 44.1 Å². The van der Waals surface area contributed by atoms with Crippen molar-refractivity contribution in [1.82, 2.24) is 9.55 Å². The first kappa shape index (κ1) is 16.0. The predicted molar refractivity (Wildman–Crippen MR) is 80.4 cm³/mol. The van der Waals surface area contributed by atoms with E-state index in [2.05, 4.69) is 4.98 Å². The van der Waals surface area contributed by atoms with Gasteiger partial charge in [-0.25, -0.2) is 0 Å². The van der Waals surface area contributed by atoms with Gasteiger partial charge in [-0.2, -0.15) is 0 Å². The zero-order valence-corrected chi connectivity index (χ0v) is 13.0. The van der Waals surface area contributed by atoms with Crippen molar-refractivity contribution >= 4 is 39.1 Å². The first-order valence-corrected chi connectivity index (χ1v) is 7.31. The fourth-order valence-corrected chi connectivity index (χ4v) is 1.65. The number of methoxy groups -OCH3 is 1. The lowest BCUT2D eigenvalue weighted by Gasteiger charge is -2.14. The molecule has 0 fully saturated rings. The Morgan fingerprint density at radius 2 is 2.11 bits per heavy atom. The van der Waals surface area contributed by atoms with Crippen LogP contribution in [0.5, 0.6) is 0 Å². The van der Waals surface area contributed by atoms with Crippen molar-refractivity contribution in [1.29, 1.82) is 0 Å². The standard InChI is InChI=1S/C8H5ClN2OS.C5H12O/c9-13-6-3-8-7(10-4-6)1-2-11(8)5-12;1-5(2,3)6-4/h1-5H;1-4H3. The van der Waals surface area contributed by atoms with Crippen LogP contribution in [0.25, 0.3) is 11.0 Å². The van der Waals surface area contributed by atoms with E-state index >= 15 is 0 Å².